The molecule has 2 aliphatic heterocycles. The molecule has 0 aromatic heterocycles. The first-order valence-electron chi connectivity index (χ1n) is 7.96. The molecule has 2 aliphatic rings. The van der Waals surface area contributed by atoms with Crippen molar-refractivity contribution in [3.63, 3.8) is 0 Å². The highest BCUT2D eigenvalue weighted by atomic mass is 32.2. The quantitative estimate of drug-likeness (QED) is 0.593. The van der Waals surface area contributed by atoms with Crippen LogP contribution in [-0.2, 0) is 19.1 Å². The number of rotatable bonds is 4. The zero-order valence-electron chi connectivity index (χ0n) is 14.3. The number of thioether (sulfide) groups is 1. The molecule has 25 heavy (non-hydrogen) atoms. The summed E-state index contributed by atoms with van der Waals surface area (Å²) in [5.74, 6) is -1.14. The van der Waals surface area contributed by atoms with E-state index in [1.807, 2.05) is 19.9 Å². The van der Waals surface area contributed by atoms with Gasteiger partial charge in [-0.2, -0.15) is 0 Å². The van der Waals surface area contributed by atoms with Gasteiger partial charge in [-0.3, -0.25) is 9.59 Å². The second kappa shape index (κ2) is 6.34. The molecule has 2 fully saturated rings. The number of fused-ring (bicyclic) bond motifs is 1. The van der Waals surface area contributed by atoms with Crippen LogP contribution in [-0.4, -0.2) is 52.0 Å². The summed E-state index contributed by atoms with van der Waals surface area (Å²) in [5, 5.41) is 2.43. The number of carbonyl (C=O) groups is 3. The predicted octanol–water partition coefficient (Wildman–Crippen LogP) is 0.407. The van der Waals surface area contributed by atoms with Crippen molar-refractivity contribution in [3.8, 4) is 0 Å². The van der Waals surface area contributed by atoms with Crippen LogP contribution in [0.4, 0.5) is 0 Å². The molecular formula is C17H21N3O4S. The molecule has 1 aromatic rings. The van der Waals surface area contributed by atoms with Crippen molar-refractivity contribution < 1.29 is 19.1 Å². The number of hydrogen-bond donors (Lipinski definition) is 2. The number of hydrogen-bond acceptors (Lipinski definition) is 6. The van der Waals surface area contributed by atoms with Crippen LogP contribution in [0.2, 0.25) is 0 Å². The molecule has 3 rings (SSSR count). The third-order valence-corrected chi connectivity index (χ3v) is 6.18. The summed E-state index contributed by atoms with van der Waals surface area (Å²) in [7, 11) is 1.30. The Labute approximate surface area is 150 Å². The van der Waals surface area contributed by atoms with Crippen LogP contribution in [0.15, 0.2) is 30.3 Å². The second-order valence-corrected chi connectivity index (χ2v) is 8.43. The van der Waals surface area contributed by atoms with Crippen molar-refractivity contribution in [2.75, 3.05) is 7.11 Å². The first-order valence-corrected chi connectivity index (χ1v) is 8.84. The fourth-order valence-corrected chi connectivity index (χ4v) is 4.91. The summed E-state index contributed by atoms with van der Waals surface area (Å²) in [6.07, 6.45) is 0. The van der Waals surface area contributed by atoms with Gasteiger partial charge in [0.05, 0.1) is 7.11 Å². The van der Waals surface area contributed by atoms with Gasteiger partial charge in [0.15, 0.2) is 0 Å². The molecule has 0 radical (unpaired) electrons. The predicted molar refractivity (Wildman–Crippen MR) is 93.4 cm³/mol. The van der Waals surface area contributed by atoms with Gasteiger partial charge in [0.1, 0.15) is 23.5 Å². The SMILES string of the molecule is COC(=O)[C@@H]1N2C(=O)[C@@H](NC(=O)[C@H](N)c3ccccc3)[C@H]2SC1(C)C. The molecule has 3 N–H and O–H groups in total. The zero-order chi connectivity index (χ0) is 18.4. The number of nitrogens with one attached hydrogen (secondary N) is 1. The van der Waals surface area contributed by atoms with E-state index in [4.69, 9.17) is 10.5 Å². The second-order valence-electron chi connectivity index (χ2n) is 6.66. The molecule has 7 nitrogen and oxygen atoms in total. The van der Waals surface area contributed by atoms with Crippen molar-refractivity contribution in [2.24, 2.45) is 5.73 Å². The molecule has 2 amide bonds. The van der Waals surface area contributed by atoms with Gasteiger partial charge < -0.3 is 20.7 Å². The highest BCUT2D eigenvalue weighted by molar-refractivity contribution is 8.01. The van der Waals surface area contributed by atoms with Crippen LogP contribution in [0.1, 0.15) is 25.5 Å². The fraction of sp³-hybridized carbons (Fsp3) is 0.471. The lowest BCUT2D eigenvalue weighted by atomic mass is 9.95. The lowest BCUT2D eigenvalue weighted by Gasteiger charge is -2.44. The average molecular weight is 363 g/mol. The number of esters is 1. The molecule has 1 aromatic carbocycles. The van der Waals surface area contributed by atoms with E-state index in [1.165, 1.54) is 23.8 Å². The smallest absolute Gasteiger partial charge is 0.330 e. The lowest BCUT2D eigenvalue weighted by molar-refractivity contribution is -0.162. The third-order valence-electron chi connectivity index (χ3n) is 4.60. The minimum Gasteiger partial charge on any atom is -0.467 e. The molecule has 0 aliphatic carbocycles. The van der Waals surface area contributed by atoms with E-state index in [2.05, 4.69) is 5.32 Å². The first kappa shape index (κ1) is 17.8. The summed E-state index contributed by atoms with van der Waals surface area (Å²) in [5.41, 5.74) is 6.66. The van der Waals surface area contributed by atoms with Gasteiger partial charge in [-0.05, 0) is 19.4 Å². The first-order chi connectivity index (χ1) is 11.8. The number of β-lactam (4-membered cyclic amide) rings is 1. The van der Waals surface area contributed by atoms with E-state index in [0.717, 1.165) is 0 Å². The van der Waals surface area contributed by atoms with Crippen LogP contribution in [0.5, 0.6) is 0 Å². The number of benzene rings is 1. The van der Waals surface area contributed by atoms with Gasteiger partial charge in [0, 0.05) is 4.75 Å². The van der Waals surface area contributed by atoms with Gasteiger partial charge in [-0.1, -0.05) is 30.3 Å². The number of nitrogens with zero attached hydrogens (tertiary/aromatic N) is 1. The van der Waals surface area contributed by atoms with Crippen molar-refractivity contribution >= 4 is 29.5 Å². The van der Waals surface area contributed by atoms with Crippen molar-refractivity contribution in [1.29, 1.82) is 0 Å². The monoisotopic (exact) mass is 363 g/mol. The fourth-order valence-electron chi connectivity index (χ4n) is 3.29. The van der Waals surface area contributed by atoms with E-state index in [9.17, 15) is 14.4 Å². The molecule has 4 atom stereocenters. The Morgan fingerprint density at radius 3 is 2.56 bits per heavy atom. The number of nitrogens with two attached hydrogens (primary N) is 1. The Bertz CT molecular complexity index is 709. The van der Waals surface area contributed by atoms with Crippen LogP contribution in [0.25, 0.3) is 0 Å². The Balaban J connectivity index is 1.71. The van der Waals surface area contributed by atoms with Gasteiger partial charge in [-0.15, -0.1) is 11.8 Å². The van der Waals surface area contributed by atoms with Crippen LogP contribution in [0.3, 0.4) is 0 Å². The van der Waals surface area contributed by atoms with Crippen molar-refractivity contribution in [3.05, 3.63) is 35.9 Å². The van der Waals surface area contributed by atoms with E-state index in [-0.39, 0.29) is 11.3 Å². The minimum atomic E-state index is -0.848. The molecular weight excluding hydrogens is 342 g/mol. The highest BCUT2D eigenvalue weighted by Crippen LogP contribution is 2.51. The van der Waals surface area contributed by atoms with Gasteiger partial charge >= 0.3 is 5.97 Å². The van der Waals surface area contributed by atoms with E-state index in [0.29, 0.717) is 5.56 Å². The Morgan fingerprint density at radius 2 is 1.96 bits per heavy atom. The maximum absolute atomic E-state index is 12.5. The molecule has 0 unspecified atom stereocenters. The summed E-state index contributed by atoms with van der Waals surface area (Å²) in [4.78, 5) is 38.5. The lowest BCUT2D eigenvalue weighted by Crippen LogP contribution is -2.71. The normalized spacial score (nSPS) is 27.9. The van der Waals surface area contributed by atoms with Gasteiger partial charge in [-0.25, -0.2) is 4.79 Å². The van der Waals surface area contributed by atoms with Gasteiger partial charge in [0.2, 0.25) is 11.8 Å². The van der Waals surface area contributed by atoms with E-state index >= 15 is 0 Å². The molecule has 0 saturated carbocycles. The van der Waals surface area contributed by atoms with Crippen molar-refractivity contribution in [1.82, 2.24) is 10.2 Å². The summed E-state index contributed by atoms with van der Waals surface area (Å²) >= 11 is 1.48. The topological polar surface area (TPSA) is 102 Å². The maximum atomic E-state index is 12.5. The number of ether oxygens (including phenoxy) is 1. The molecule has 0 spiro atoms. The Kier molecular flexibility index (Phi) is 4.51. The molecule has 2 saturated heterocycles. The molecule has 8 heteroatoms. The minimum absolute atomic E-state index is 0.285. The third kappa shape index (κ3) is 2.89. The maximum Gasteiger partial charge on any atom is 0.330 e. The average Bonchev–Trinajstić information content (AvgIpc) is 2.86. The molecule has 2 heterocycles. The summed E-state index contributed by atoms with van der Waals surface area (Å²) in [6, 6.07) is 6.78. The Morgan fingerprint density at radius 1 is 1.32 bits per heavy atom. The number of methoxy groups -OCH3 is 1. The van der Waals surface area contributed by atoms with Crippen molar-refractivity contribution in [2.45, 2.75) is 42.1 Å². The van der Waals surface area contributed by atoms with Crippen LogP contribution < -0.4 is 11.1 Å². The highest BCUT2D eigenvalue weighted by Gasteiger charge is 2.64. The largest absolute Gasteiger partial charge is 0.467 e. The molecule has 0 bridgehead atoms. The summed E-state index contributed by atoms with van der Waals surface area (Å²) < 4.78 is 4.34. The van der Waals surface area contributed by atoms with Crippen LogP contribution >= 0.6 is 11.8 Å². The standard InChI is InChI=1S/C17H21N3O4S/c1-17(2)12(16(23)24-3)20-14(22)11(15(20)25-17)19-13(21)10(18)9-7-5-4-6-8-9/h4-8,10-12,15H,18H2,1-3H3,(H,19,21)/t10-,11-,12+,15-/m1/s1. The Hall–Kier alpha value is -2.06. The van der Waals surface area contributed by atoms with Gasteiger partial charge in [0.25, 0.3) is 0 Å². The van der Waals surface area contributed by atoms with E-state index < -0.39 is 34.7 Å². The summed E-state index contributed by atoms with van der Waals surface area (Å²) in [6.45, 7) is 3.78. The number of amides is 2. The molecule has 134 valence electrons. The van der Waals surface area contributed by atoms with Crippen LogP contribution in [0, 0.1) is 0 Å². The van der Waals surface area contributed by atoms with E-state index in [1.54, 1.807) is 24.3 Å². The number of carbonyl (C=O) groups excluding carboxylic acids is 3. The zero-order valence-corrected chi connectivity index (χ0v) is 15.1.